The molecule has 1 fully saturated rings. The number of carbonyl (C=O) groups is 1. The molecule has 2 aromatic heterocycles. The highest BCUT2D eigenvalue weighted by Crippen LogP contribution is 2.25. The van der Waals surface area contributed by atoms with Gasteiger partial charge in [0.1, 0.15) is 17.7 Å². The first-order valence-corrected chi connectivity index (χ1v) is 10.8. The fraction of sp³-hybridized carbons (Fsp3) is 0.545. The second kappa shape index (κ2) is 9.28. The first kappa shape index (κ1) is 20.4. The molecule has 0 amide bonds. The Morgan fingerprint density at radius 1 is 1.20 bits per heavy atom. The van der Waals surface area contributed by atoms with Crippen molar-refractivity contribution < 1.29 is 14.3 Å². The largest absolute Gasteiger partial charge is 0.497 e. The van der Waals surface area contributed by atoms with Crippen LogP contribution in [0.3, 0.4) is 0 Å². The van der Waals surface area contributed by atoms with Crippen molar-refractivity contribution in [1.29, 1.82) is 0 Å². The Morgan fingerprint density at radius 3 is 2.83 bits per heavy atom. The zero-order valence-corrected chi connectivity index (χ0v) is 17.7. The molecule has 0 saturated heterocycles. The second-order valence-electron chi connectivity index (χ2n) is 7.86. The van der Waals surface area contributed by atoms with E-state index in [0.717, 1.165) is 61.3 Å². The molecule has 1 N–H and O–H groups in total. The van der Waals surface area contributed by atoms with E-state index in [0.29, 0.717) is 17.9 Å². The zero-order chi connectivity index (χ0) is 20.9. The van der Waals surface area contributed by atoms with Gasteiger partial charge in [-0.05, 0) is 57.6 Å². The maximum absolute atomic E-state index is 11.9. The number of anilines is 1. The summed E-state index contributed by atoms with van der Waals surface area (Å²) in [7, 11) is 1.65. The summed E-state index contributed by atoms with van der Waals surface area (Å²) in [5.74, 6) is 2.22. The van der Waals surface area contributed by atoms with Crippen molar-refractivity contribution in [3.05, 3.63) is 24.0 Å². The number of benzene rings is 1. The number of nitrogens with one attached hydrogen (secondary N) is 1. The normalized spacial score (nSPS) is 14.5. The Kier molecular flexibility index (Phi) is 6.30. The van der Waals surface area contributed by atoms with Crippen LogP contribution in [-0.2, 0) is 9.53 Å². The third kappa shape index (κ3) is 4.47. The first-order valence-electron chi connectivity index (χ1n) is 10.8. The van der Waals surface area contributed by atoms with Gasteiger partial charge in [-0.1, -0.05) is 6.42 Å². The molecule has 1 aromatic carbocycles. The van der Waals surface area contributed by atoms with Crippen molar-refractivity contribution >= 4 is 28.5 Å². The summed E-state index contributed by atoms with van der Waals surface area (Å²) in [6.45, 7) is 2.68. The summed E-state index contributed by atoms with van der Waals surface area (Å²) in [5.41, 5.74) is 2.48. The molecule has 0 aliphatic heterocycles. The van der Waals surface area contributed by atoms with E-state index < -0.39 is 0 Å². The molecule has 8 nitrogen and oxygen atoms in total. The van der Waals surface area contributed by atoms with E-state index in [4.69, 9.17) is 14.5 Å². The number of hydrogen-bond donors (Lipinski definition) is 1. The summed E-state index contributed by atoms with van der Waals surface area (Å²) < 4.78 is 12.8. The monoisotopic (exact) mass is 411 g/mol. The van der Waals surface area contributed by atoms with Gasteiger partial charge in [-0.25, -0.2) is 4.98 Å². The average molecular weight is 412 g/mol. The standard InChI is InChI=1S/C22H29N5O3/c1-15-25-26-22-21(24-18-14-17(29-2)11-12-19(18)27(15)22)23-13-7-3-4-10-20(28)30-16-8-5-6-9-16/h11-12,14,16H,3-10,13H2,1-2H3,(H,23,24). The summed E-state index contributed by atoms with van der Waals surface area (Å²) in [5, 5.41) is 11.9. The van der Waals surface area contributed by atoms with E-state index in [1.165, 1.54) is 12.8 Å². The Balaban J connectivity index is 1.32. The molecule has 160 valence electrons. The Hall–Kier alpha value is -2.90. The van der Waals surface area contributed by atoms with Crippen molar-refractivity contribution in [3.63, 3.8) is 0 Å². The van der Waals surface area contributed by atoms with Gasteiger partial charge < -0.3 is 14.8 Å². The van der Waals surface area contributed by atoms with Crippen LogP contribution >= 0.6 is 0 Å². The smallest absolute Gasteiger partial charge is 0.306 e. The van der Waals surface area contributed by atoms with Crippen LogP contribution in [0.25, 0.3) is 16.7 Å². The number of hydrogen-bond acceptors (Lipinski definition) is 7. The summed E-state index contributed by atoms with van der Waals surface area (Å²) in [6, 6.07) is 5.79. The number of methoxy groups -OCH3 is 1. The molecule has 0 atom stereocenters. The van der Waals surface area contributed by atoms with E-state index in [1.54, 1.807) is 7.11 Å². The number of ether oxygens (including phenoxy) is 2. The minimum absolute atomic E-state index is 0.0550. The van der Waals surface area contributed by atoms with Crippen LogP contribution in [0.1, 0.15) is 57.2 Å². The van der Waals surface area contributed by atoms with Crippen molar-refractivity contribution in [2.45, 2.75) is 64.4 Å². The number of esters is 1. The molecule has 0 bridgehead atoms. The first-order chi connectivity index (χ1) is 14.7. The van der Waals surface area contributed by atoms with Crippen molar-refractivity contribution in [2.75, 3.05) is 19.0 Å². The lowest BCUT2D eigenvalue weighted by atomic mass is 10.2. The molecule has 0 radical (unpaired) electrons. The highest BCUT2D eigenvalue weighted by molar-refractivity contribution is 5.84. The maximum atomic E-state index is 11.9. The molecule has 1 saturated carbocycles. The predicted octanol–water partition coefficient (Wildman–Crippen LogP) is 4.05. The lowest BCUT2D eigenvalue weighted by Gasteiger charge is -2.11. The highest BCUT2D eigenvalue weighted by Gasteiger charge is 2.18. The maximum Gasteiger partial charge on any atom is 0.306 e. The van der Waals surface area contributed by atoms with Gasteiger partial charge in [0, 0.05) is 19.0 Å². The molecule has 30 heavy (non-hydrogen) atoms. The van der Waals surface area contributed by atoms with Gasteiger partial charge in [0.2, 0.25) is 5.65 Å². The summed E-state index contributed by atoms with van der Waals surface area (Å²) in [4.78, 5) is 16.6. The van der Waals surface area contributed by atoms with E-state index in [9.17, 15) is 4.79 Å². The Labute approximate surface area is 176 Å². The predicted molar refractivity (Wildman–Crippen MR) is 115 cm³/mol. The van der Waals surface area contributed by atoms with Crippen LogP contribution in [0.2, 0.25) is 0 Å². The van der Waals surface area contributed by atoms with Gasteiger partial charge in [-0.2, -0.15) is 0 Å². The molecule has 3 aromatic rings. The van der Waals surface area contributed by atoms with Crippen molar-refractivity contribution in [3.8, 4) is 5.75 Å². The molecule has 1 aliphatic rings. The fourth-order valence-corrected chi connectivity index (χ4v) is 4.03. The topological polar surface area (TPSA) is 90.6 Å². The number of carbonyl (C=O) groups excluding carboxylic acids is 1. The van der Waals surface area contributed by atoms with Crippen LogP contribution in [0.4, 0.5) is 5.82 Å². The Morgan fingerprint density at radius 2 is 2.03 bits per heavy atom. The lowest BCUT2D eigenvalue weighted by molar-refractivity contribution is -0.148. The van der Waals surface area contributed by atoms with Crippen molar-refractivity contribution in [1.82, 2.24) is 19.6 Å². The van der Waals surface area contributed by atoms with Crippen LogP contribution in [0, 0.1) is 6.92 Å². The van der Waals surface area contributed by atoms with E-state index in [2.05, 4.69) is 15.5 Å². The van der Waals surface area contributed by atoms with Gasteiger partial charge in [0.25, 0.3) is 0 Å². The number of aromatic nitrogens is 4. The lowest BCUT2D eigenvalue weighted by Crippen LogP contribution is -2.14. The third-order valence-corrected chi connectivity index (χ3v) is 5.64. The zero-order valence-electron chi connectivity index (χ0n) is 17.7. The summed E-state index contributed by atoms with van der Waals surface area (Å²) >= 11 is 0. The molecular formula is C22H29N5O3. The average Bonchev–Trinajstić information content (AvgIpc) is 3.40. The molecule has 2 heterocycles. The number of nitrogens with zero attached hydrogens (tertiary/aromatic N) is 4. The SMILES string of the molecule is COc1ccc2c(c1)nc(NCCCCCC(=O)OC1CCCC1)c1nnc(C)n12. The van der Waals surface area contributed by atoms with Gasteiger partial charge in [-0.15, -0.1) is 10.2 Å². The summed E-state index contributed by atoms with van der Waals surface area (Å²) in [6.07, 6.45) is 7.80. The highest BCUT2D eigenvalue weighted by atomic mass is 16.5. The van der Waals surface area contributed by atoms with Gasteiger partial charge in [0.05, 0.1) is 18.1 Å². The van der Waals surface area contributed by atoms with E-state index in [-0.39, 0.29) is 12.1 Å². The number of aryl methyl sites for hydroxylation is 1. The van der Waals surface area contributed by atoms with Crippen LogP contribution < -0.4 is 10.1 Å². The molecular weight excluding hydrogens is 382 g/mol. The van der Waals surface area contributed by atoms with E-state index >= 15 is 0 Å². The van der Waals surface area contributed by atoms with Gasteiger partial charge >= 0.3 is 5.97 Å². The third-order valence-electron chi connectivity index (χ3n) is 5.64. The number of fused-ring (bicyclic) bond motifs is 3. The molecule has 0 unspecified atom stereocenters. The molecule has 0 spiro atoms. The number of unbranched alkanes of at least 4 members (excludes halogenated alkanes) is 2. The van der Waals surface area contributed by atoms with Crippen LogP contribution in [-0.4, -0.2) is 45.3 Å². The van der Waals surface area contributed by atoms with Crippen molar-refractivity contribution in [2.24, 2.45) is 0 Å². The van der Waals surface area contributed by atoms with E-state index in [1.807, 2.05) is 29.5 Å². The minimum atomic E-state index is -0.0550. The second-order valence-corrected chi connectivity index (χ2v) is 7.86. The quantitative estimate of drug-likeness (QED) is 0.419. The minimum Gasteiger partial charge on any atom is -0.497 e. The Bertz CT molecular complexity index is 1030. The van der Waals surface area contributed by atoms with Crippen LogP contribution in [0.5, 0.6) is 5.75 Å². The molecule has 1 aliphatic carbocycles. The molecule has 8 heteroatoms. The molecule has 4 rings (SSSR count). The van der Waals surface area contributed by atoms with Crippen LogP contribution in [0.15, 0.2) is 18.2 Å². The fourth-order valence-electron chi connectivity index (χ4n) is 4.03. The van der Waals surface area contributed by atoms with Gasteiger partial charge in [-0.3, -0.25) is 9.20 Å². The van der Waals surface area contributed by atoms with Gasteiger partial charge in [0.15, 0.2) is 5.82 Å². The number of rotatable bonds is 9.